The maximum Gasteiger partial charge on any atom is 0.238 e. The van der Waals surface area contributed by atoms with Gasteiger partial charge >= 0.3 is 0 Å². The monoisotopic (exact) mass is 352 g/mol. The van der Waals surface area contributed by atoms with Crippen LogP contribution in [0.25, 0.3) is 22.2 Å². The Hall–Kier alpha value is -3.33. The average molecular weight is 352 g/mol. The molecule has 3 rings (SSSR count). The number of terminal acetylenes is 1. The van der Waals surface area contributed by atoms with Gasteiger partial charge in [-0.1, -0.05) is 18.1 Å². The van der Waals surface area contributed by atoms with E-state index in [9.17, 15) is 13.7 Å². The fraction of sp³-hybridized carbons (Fsp3) is 0.0588. The van der Waals surface area contributed by atoms with Crippen LogP contribution in [-0.2, 0) is 10.0 Å². The number of primary sulfonamides is 1. The normalized spacial score (nSPS) is 11.0. The van der Waals surface area contributed by atoms with Crippen molar-refractivity contribution in [3.63, 3.8) is 0 Å². The molecule has 0 unspecified atom stereocenters. The number of hydrogen-bond donors (Lipinski definition) is 2. The molecule has 1 heterocycles. The predicted octanol–water partition coefficient (Wildman–Crippen LogP) is 1.76. The molecule has 0 saturated heterocycles. The number of hydrogen-bond acceptors (Lipinski definition) is 5. The number of nitrogens with one attached hydrogen (secondary N) is 1. The predicted molar refractivity (Wildman–Crippen MR) is 91.9 cm³/mol. The van der Waals surface area contributed by atoms with Crippen LogP contribution in [0, 0.1) is 23.7 Å². The summed E-state index contributed by atoms with van der Waals surface area (Å²) in [5.41, 5.74) is 2.00. The minimum Gasteiger partial charge on any atom is -0.480 e. The second kappa shape index (κ2) is 6.29. The van der Waals surface area contributed by atoms with Gasteiger partial charge in [-0.2, -0.15) is 10.4 Å². The molecule has 0 amide bonds. The molecule has 0 saturated carbocycles. The number of rotatable bonds is 4. The van der Waals surface area contributed by atoms with Gasteiger partial charge in [-0.05, 0) is 24.3 Å². The lowest BCUT2D eigenvalue weighted by Crippen LogP contribution is -2.11. The molecule has 25 heavy (non-hydrogen) atoms. The van der Waals surface area contributed by atoms with Crippen molar-refractivity contribution in [1.82, 2.24) is 10.2 Å². The highest BCUT2D eigenvalue weighted by molar-refractivity contribution is 7.89. The number of fused-ring (bicyclic) bond motifs is 1. The van der Waals surface area contributed by atoms with Gasteiger partial charge in [0, 0.05) is 10.9 Å². The SMILES string of the molecule is C#CCOc1cc2c(-c3cccc(S(N)(=O)=O)c3)n[nH]c2cc1C#N. The average Bonchev–Trinajstić information content (AvgIpc) is 3.01. The third-order valence-corrected chi connectivity index (χ3v) is 4.44. The van der Waals surface area contributed by atoms with Crippen LogP contribution in [0.4, 0.5) is 0 Å². The Balaban J connectivity index is 2.18. The van der Waals surface area contributed by atoms with Crippen LogP contribution in [0.5, 0.6) is 5.75 Å². The minimum atomic E-state index is -3.83. The molecular formula is C17H12N4O3S. The smallest absolute Gasteiger partial charge is 0.238 e. The lowest BCUT2D eigenvalue weighted by molar-refractivity contribution is 0.370. The van der Waals surface area contributed by atoms with Crippen LogP contribution >= 0.6 is 0 Å². The van der Waals surface area contributed by atoms with Crippen molar-refractivity contribution >= 4 is 20.9 Å². The summed E-state index contributed by atoms with van der Waals surface area (Å²) in [6, 6.07) is 11.4. The lowest BCUT2D eigenvalue weighted by atomic mass is 10.1. The fourth-order valence-electron chi connectivity index (χ4n) is 2.41. The van der Waals surface area contributed by atoms with Crippen LogP contribution in [0.2, 0.25) is 0 Å². The van der Waals surface area contributed by atoms with E-state index in [1.54, 1.807) is 24.3 Å². The van der Waals surface area contributed by atoms with Gasteiger partial charge in [0.25, 0.3) is 0 Å². The third kappa shape index (κ3) is 3.17. The molecule has 1 aromatic heterocycles. The summed E-state index contributed by atoms with van der Waals surface area (Å²) in [4.78, 5) is -0.0152. The molecule has 0 radical (unpaired) electrons. The van der Waals surface area contributed by atoms with Gasteiger partial charge in [0.2, 0.25) is 10.0 Å². The topological polar surface area (TPSA) is 122 Å². The lowest BCUT2D eigenvalue weighted by Gasteiger charge is -2.06. The van der Waals surface area contributed by atoms with Crippen molar-refractivity contribution in [3.8, 4) is 35.4 Å². The number of nitriles is 1. The van der Waals surface area contributed by atoms with Gasteiger partial charge in [0.05, 0.1) is 16.0 Å². The summed E-state index contributed by atoms with van der Waals surface area (Å²) in [7, 11) is -3.83. The molecule has 0 aliphatic heterocycles. The van der Waals surface area contributed by atoms with Crippen molar-refractivity contribution < 1.29 is 13.2 Å². The molecule has 0 aliphatic carbocycles. The maximum atomic E-state index is 11.5. The van der Waals surface area contributed by atoms with Crippen molar-refractivity contribution in [3.05, 3.63) is 42.0 Å². The minimum absolute atomic E-state index is 0.0152. The number of aromatic nitrogens is 2. The first kappa shape index (κ1) is 16.5. The van der Waals surface area contributed by atoms with E-state index in [4.69, 9.17) is 16.3 Å². The van der Waals surface area contributed by atoms with Crippen LogP contribution in [-0.4, -0.2) is 25.2 Å². The first-order valence-corrected chi connectivity index (χ1v) is 8.60. The number of ether oxygens (including phenoxy) is 1. The molecule has 0 bridgehead atoms. The van der Waals surface area contributed by atoms with Gasteiger partial charge in [-0.15, -0.1) is 6.42 Å². The number of nitrogens with zero attached hydrogens (tertiary/aromatic N) is 2. The number of H-pyrrole nitrogens is 1. The molecule has 2 aromatic carbocycles. The van der Waals surface area contributed by atoms with Crippen LogP contribution < -0.4 is 9.88 Å². The maximum absolute atomic E-state index is 11.5. The van der Waals surface area contributed by atoms with Crippen molar-refractivity contribution in [2.45, 2.75) is 4.90 Å². The highest BCUT2D eigenvalue weighted by Crippen LogP contribution is 2.32. The zero-order valence-corrected chi connectivity index (χ0v) is 13.7. The van der Waals surface area contributed by atoms with Crippen LogP contribution in [0.15, 0.2) is 41.3 Å². The Morgan fingerprint density at radius 2 is 2.12 bits per heavy atom. The van der Waals surface area contributed by atoms with Crippen LogP contribution in [0.1, 0.15) is 5.56 Å². The standard InChI is InChI=1S/C17H12N4O3S/c1-2-6-24-16-9-14-15(8-12(16)10-18)20-21-17(14)11-4-3-5-13(7-11)25(19,22)23/h1,3-5,7-9H,6H2,(H,20,21)(H2,19,22,23). The summed E-state index contributed by atoms with van der Waals surface area (Å²) in [6.07, 6.45) is 5.19. The second-order valence-corrected chi connectivity index (χ2v) is 6.71. The van der Waals surface area contributed by atoms with E-state index in [1.165, 1.54) is 12.1 Å². The molecule has 0 fully saturated rings. The molecule has 124 valence electrons. The van der Waals surface area contributed by atoms with E-state index in [2.05, 4.69) is 16.1 Å². The summed E-state index contributed by atoms with van der Waals surface area (Å²) < 4.78 is 28.5. The molecule has 8 heteroatoms. The van der Waals surface area contributed by atoms with Crippen LogP contribution in [0.3, 0.4) is 0 Å². The number of aromatic amines is 1. The van der Waals surface area contributed by atoms with E-state index >= 15 is 0 Å². The Labute approximate surface area is 144 Å². The summed E-state index contributed by atoms with van der Waals surface area (Å²) >= 11 is 0. The van der Waals surface area contributed by atoms with Gasteiger partial charge in [-0.25, -0.2) is 13.6 Å². The van der Waals surface area contributed by atoms with Gasteiger partial charge in [-0.3, -0.25) is 5.10 Å². The Morgan fingerprint density at radius 1 is 1.32 bits per heavy atom. The van der Waals surface area contributed by atoms with E-state index in [1.807, 2.05) is 6.07 Å². The molecule has 0 spiro atoms. The van der Waals surface area contributed by atoms with Gasteiger partial charge < -0.3 is 4.74 Å². The largest absolute Gasteiger partial charge is 0.480 e. The van der Waals surface area contributed by atoms with Crippen molar-refractivity contribution in [2.24, 2.45) is 5.14 Å². The van der Waals surface area contributed by atoms with Gasteiger partial charge in [0.1, 0.15) is 24.1 Å². The Bertz CT molecular complexity index is 1150. The second-order valence-electron chi connectivity index (χ2n) is 5.14. The number of benzene rings is 2. The fourth-order valence-corrected chi connectivity index (χ4v) is 2.97. The molecule has 3 N–H and O–H groups in total. The first-order chi connectivity index (χ1) is 11.9. The highest BCUT2D eigenvalue weighted by atomic mass is 32.2. The molecule has 3 aromatic rings. The van der Waals surface area contributed by atoms with Gasteiger partial charge in [0.15, 0.2) is 0 Å². The summed E-state index contributed by atoms with van der Waals surface area (Å²) in [5, 5.41) is 22.1. The quantitative estimate of drug-likeness (QED) is 0.693. The van der Waals surface area contributed by atoms with E-state index in [0.717, 1.165) is 0 Å². The van der Waals surface area contributed by atoms with E-state index < -0.39 is 10.0 Å². The molecule has 0 atom stereocenters. The third-order valence-electron chi connectivity index (χ3n) is 3.53. The Kier molecular flexibility index (Phi) is 4.15. The first-order valence-electron chi connectivity index (χ1n) is 7.06. The highest BCUT2D eigenvalue weighted by Gasteiger charge is 2.15. The van der Waals surface area contributed by atoms with E-state index in [0.29, 0.717) is 33.5 Å². The Morgan fingerprint density at radius 3 is 2.80 bits per heavy atom. The number of nitrogens with two attached hydrogens (primary N) is 1. The zero-order valence-electron chi connectivity index (χ0n) is 12.9. The summed E-state index contributed by atoms with van der Waals surface area (Å²) in [6.45, 7) is 0.0221. The van der Waals surface area contributed by atoms with Crippen molar-refractivity contribution in [2.75, 3.05) is 6.61 Å². The molecular weight excluding hydrogens is 340 g/mol. The van der Waals surface area contributed by atoms with Crippen molar-refractivity contribution in [1.29, 1.82) is 5.26 Å². The van der Waals surface area contributed by atoms with E-state index in [-0.39, 0.29) is 11.5 Å². The summed E-state index contributed by atoms with van der Waals surface area (Å²) in [5.74, 6) is 2.68. The number of sulfonamides is 1. The molecule has 0 aliphatic rings. The molecule has 7 nitrogen and oxygen atoms in total. The zero-order chi connectivity index (χ0) is 18.0.